The maximum atomic E-state index is 5.07. The van der Waals surface area contributed by atoms with Crippen molar-refractivity contribution in [2.24, 2.45) is 0 Å². The number of rotatable bonds is 4. The van der Waals surface area contributed by atoms with Crippen LogP contribution in [-0.2, 0) is 6.54 Å². The highest BCUT2D eigenvalue weighted by atomic mass is 32.1. The molecule has 0 amide bonds. The normalized spacial score (nSPS) is 17.2. The van der Waals surface area contributed by atoms with Crippen molar-refractivity contribution in [3.8, 4) is 0 Å². The minimum atomic E-state index is 0.608. The lowest BCUT2D eigenvalue weighted by molar-refractivity contribution is 0.413. The Labute approximate surface area is 111 Å². The fraction of sp³-hybridized carbons (Fsp3) is 0.462. The monoisotopic (exact) mass is 263 g/mol. The van der Waals surface area contributed by atoms with Crippen LogP contribution in [0.4, 0.5) is 5.13 Å². The number of thiazole rings is 1. The molecular formula is C13H17N3OS. The number of nitrogens with one attached hydrogen (secondary N) is 1. The highest BCUT2D eigenvalue weighted by Crippen LogP contribution is 2.22. The quantitative estimate of drug-likeness (QED) is 0.920. The van der Waals surface area contributed by atoms with E-state index in [2.05, 4.69) is 15.2 Å². The summed E-state index contributed by atoms with van der Waals surface area (Å²) in [5.41, 5.74) is 1.22. The molecule has 0 unspecified atom stereocenters. The SMILES string of the molecule is c1csc(N2CCC(NCc3ccoc3)CC2)n1. The molecule has 5 heteroatoms. The van der Waals surface area contributed by atoms with Crippen molar-refractivity contribution in [2.45, 2.75) is 25.4 Å². The van der Waals surface area contributed by atoms with Crippen molar-refractivity contribution in [3.63, 3.8) is 0 Å². The van der Waals surface area contributed by atoms with E-state index in [1.165, 1.54) is 18.4 Å². The maximum Gasteiger partial charge on any atom is 0.185 e. The Morgan fingerprint density at radius 2 is 2.33 bits per heavy atom. The van der Waals surface area contributed by atoms with Crippen LogP contribution in [0, 0.1) is 0 Å². The van der Waals surface area contributed by atoms with Gasteiger partial charge in [0.25, 0.3) is 0 Å². The van der Waals surface area contributed by atoms with Crippen molar-refractivity contribution >= 4 is 16.5 Å². The number of furan rings is 1. The van der Waals surface area contributed by atoms with E-state index in [9.17, 15) is 0 Å². The van der Waals surface area contributed by atoms with Crippen LogP contribution in [0.3, 0.4) is 0 Å². The molecule has 1 aliphatic heterocycles. The van der Waals surface area contributed by atoms with Gasteiger partial charge < -0.3 is 14.6 Å². The first-order valence-electron chi connectivity index (χ1n) is 6.31. The topological polar surface area (TPSA) is 41.3 Å². The van der Waals surface area contributed by atoms with Gasteiger partial charge in [0.1, 0.15) is 0 Å². The van der Waals surface area contributed by atoms with E-state index in [0.717, 1.165) is 24.8 Å². The van der Waals surface area contributed by atoms with Crippen LogP contribution in [0.15, 0.2) is 34.6 Å². The van der Waals surface area contributed by atoms with Crippen molar-refractivity contribution in [2.75, 3.05) is 18.0 Å². The van der Waals surface area contributed by atoms with Crippen LogP contribution in [0.5, 0.6) is 0 Å². The molecule has 0 saturated carbocycles. The van der Waals surface area contributed by atoms with Gasteiger partial charge in [-0.1, -0.05) is 0 Å². The fourth-order valence-electron chi connectivity index (χ4n) is 2.30. The van der Waals surface area contributed by atoms with Crippen LogP contribution in [0.2, 0.25) is 0 Å². The van der Waals surface area contributed by atoms with E-state index in [4.69, 9.17) is 4.42 Å². The largest absolute Gasteiger partial charge is 0.472 e. The Bertz CT molecular complexity index is 447. The van der Waals surface area contributed by atoms with Gasteiger partial charge in [-0.15, -0.1) is 11.3 Å². The third-order valence-corrected chi connectivity index (χ3v) is 4.19. The van der Waals surface area contributed by atoms with Gasteiger partial charge in [-0.25, -0.2) is 4.98 Å². The highest BCUT2D eigenvalue weighted by molar-refractivity contribution is 7.13. The molecule has 0 bridgehead atoms. The first-order valence-corrected chi connectivity index (χ1v) is 7.19. The molecule has 1 saturated heterocycles. The summed E-state index contributed by atoms with van der Waals surface area (Å²) in [5, 5.41) is 6.78. The Morgan fingerprint density at radius 3 is 3.00 bits per heavy atom. The predicted molar refractivity (Wildman–Crippen MR) is 72.9 cm³/mol. The molecule has 0 radical (unpaired) electrons. The molecule has 2 aromatic rings. The van der Waals surface area contributed by atoms with Crippen LogP contribution in [0.1, 0.15) is 18.4 Å². The predicted octanol–water partition coefficient (Wildman–Crippen LogP) is 2.49. The molecule has 3 rings (SSSR count). The Morgan fingerprint density at radius 1 is 1.44 bits per heavy atom. The smallest absolute Gasteiger partial charge is 0.185 e. The lowest BCUT2D eigenvalue weighted by Crippen LogP contribution is -2.42. The zero-order valence-electron chi connectivity index (χ0n) is 10.2. The van der Waals surface area contributed by atoms with E-state index in [0.29, 0.717) is 6.04 Å². The lowest BCUT2D eigenvalue weighted by atomic mass is 10.1. The van der Waals surface area contributed by atoms with Gasteiger partial charge in [-0.3, -0.25) is 0 Å². The Hall–Kier alpha value is -1.33. The third kappa shape index (κ3) is 2.73. The van der Waals surface area contributed by atoms with Crippen LogP contribution < -0.4 is 10.2 Å². The number of hydrogen-bond donors (Lipinski definition) is 1. The minimum Gasteiger partial charge on any atom is -0.472 e. The van der Waals surface area contributed by atoms with Crippen molar-refractivity contribution in [1.29, 1.82) is 0 Å². The summed E-state index contributed by atoms with van der Waals surface area (Å²) in [6.07, 6.45) is 7.76. The Kier molecular flexibility index (Phi) is 3.61. The van der Waals surface area contributed by atoms with Crippen LogP contribution >= 0.6 is 11.3 Å². The first kappa shape index (κ1) is 11.7. The van der Waals surface area contributed by atoms with E-state index in [1.54, 1.807) is 23.9 Å². The van der Waals surface area contributed by atoms with Crippen molar-refractivity contribution < 1.29 is 4.42 Å². The molecule has 0 aromatic carbocycles. The standard InChI is InChI=1S/C13H17N3OS/c1-5-16(13-14-4-8-18-13)6-2-12(1)15-9-11-3-7-17-10-11/h3-4,7-8,10,12,15H,1-2,5-6,9H2. The first-order chi connectivity index (χ1) is 8.92. The molecule has 0 aliphatic carbocycles. The van der Waals surface area contributed by atoms with E-state index < -0.39 is 0 Å². The second kappa shape index (κ2) is 5.54. The van der Waals surface area contributed by atoms with Crippen molar-refractivity contribution in [1.82, 2.24) is 10.3 Å². The summed E-state index contributed by atoms with van der Waals surface area (Å²) in [5.74, 6) is 0. The molecule has 2 aromatic heterocycles. The van der Waals surface area contributed by atoms with Gasteiger partial charge >= 0.3 is 0 Å². The molecule has 4 nitrogen and oxygen atoms in total. The molecule has 1 N–H and O–H groups in total. The molecule has 0 atom stereocenters. The Balaban J connectivity index is 1.45. The summed E-state index contributed by atoms with van der Waals surface area (Å²) >= 11 is 1.72. The molecule has 1 fully saturated rings. The van der Waals surface area contributed by atoms with Gasteiger partial charge in [0.2, 0.25) is 0 Å². The van der Waals surface area contributed by atoms with Crippen molar-refractivity contribution in [3.05, 3.63) is 35.7 Å². The summed E-state index contributed by atoms with van der Waals surface area (Å²) in [7, 11) is 0. The average Bonchev–Trinajstić information content (AvgIpc) is 3.10. The third-order valence-electron chi connectivity index (χ3n) is 3.36. The number of nitrogens with zero attached hydrogens (tertiary/aromatic N) is 2. The minimum absolute atomic E-state index is 0.608. The van der Waals surface area contributed by atoms with Gasteiger partial charge in [0, 0.05) is 42.8 Å². The number of hydrogen-bond acceptors (Lipinski definition) is 5. The fourth-order valence-corrected chi connectivity index (χ4v) is 3.00. The summed E-state index contributed by atoms with van der Waals surface area (Å²) in [4.78, 5) is 6.74. The summed E-state index contributed by atoms with van der Waals surface area (Å²) in [6, 6.07) is 2.62. The summed E-state index contributed by atoms with van der Waals surface area (Å²) < 4.78 is 5.07. The number of anilines is 1. The van der Waals surface area contributed by atoms with E-state index in [-0.39, 0.29) is 0 Å². The van der Waals surface area contributed by atoms with Gasteiger partial charge in [0.15, 0.2) is 5.13 Å². The molecule has 1 aliphatic rings. The van der Waals surface area contributed by atoms with Gasteiger partial charge in [-0.05, 0) is 18.9 Å². The van der Waals surface area contributed by atoms with E-state index in [1.807, 2.05) is 17.6 Å². The maximum absolute atomic E-state index is 5.07. The van der Waals surface area contributed by atoms with Gasteiger partial charge in [0.05, 0.1) is 12.5 Å². The second-order valence-corrected chi connectivity index (χ2v) is 5.46. The molecular weight excluding hydrogens is 246 g/mol. The van der Waals surface area contributed by atoms with Crippen LogP contribution in [-0.4, -0.2) is 24.1 Å². The average molecular weight is 263 g/mol. The van der Waals surface area contributed by atoms with E-state index >= 15 is 0 Å². The molecule has 18 heavy (non-hydrogen) atoms. The molecule has 0 spiro atoms. The zero-order valence-corrected chi connectivity index (χ0v) is 11.0. The molecule has 96 valence electrons. The number of aromatic nitrogens is 1. The zero-order chi connectivity index (χ0) is 12.2. The summed E-state index contributed by atoms with van der Waals surface area (Å²) in [6.45, 7) is 3.09. The van der Waals surface area contributed by atoms with Gasteiger partial charge in [-0.2, -0.15) is 0 Å². The highest BCUT2D eigenvalue weighted by Gasteiger charge is 2.20. The number of piperidine rings is 1. The lowest BCUT2D eigenvalue weighted by Gasteiger charge is -2.32. The molecule has 3 heterocycles. The second-order valence-electron chi connectivity index (χ2n) is 4.59. The van der Waals surface area contributed by atoms with Crippen LogP contribution in [0.25, 0.3) is 0 Å².